The molecule has 0 saturated carbocycles. The van der Waals surface area contributed by atoms with Crippen molar-refractivity contribution in [2.75, 3.05) is 6.54 Å². The Kier molecular flexibility index (Phi) is 4.90. The van der Waals surface area contributed by atoms with E-state index in [1.165, 1.54) is 11.3 Å². The molecule has 1 amide bonds. The molecule has 1 N–H and O–H groups in total. The molecule has 3 nitrogen and oxygen atoms in total. The van der Waals surface area contributed by atoms with E-state index in [0.29, 0.717) is 34.5 Å². The Hall–Kier alpha value is -2.01. The monoisotopic (exact) mass is 403 g/mol. The van der Waals surface area contributed by atoms with E-state index in [1.54, 1.807) is 12.1 Å². The van der Waals surface area contributed by atoms with Gasteiger partial charge >= 0.3 is 0 Å². The maximum Gasteiger partial charge on any atom is 0.261 e. The van der Waals surface area contributed by atoms with Gasteiger partial charge in [0.25, 0.3) is 5.91 Å². The SMILES string of the molecule is O=C(NCCc1ccc(Cl)cc1Cl)c1cc2c(s1)-c1ccccc1OC2. The molecule has 0 fully saturated rings. The van der Waals surface area contributed by atoms with E-state index in [2.05, 4.69) is 5.32 Å². The molecule has 1 aliphatic heterocycles. The molecule has 1 aromatic heterocycles. The number of amides is 1. The van der Waals surface area contributed by atoms with Crippen LogP contribution in [0.5, 0.6) is 5.75 Å². The lowest BCUT2D eigenvalue weighted by Gasteiger charge is -2.16. The summed E-state index contributed by atoms with van der Waals surface area (Å²) < 4.78 is 5.75. The zero-order valence-electron chi connectivity index (χ0n) is 13.7. The summed E-state index contributed by atoms with van der Waals surface area (Å²) in [5.41, 5.74) is 3.06. The second-order valence-corrected chi connectivity index (χ2v) is 7.89. The van der Waals surface area contributed by atoms with Crippen LogP contribution in [0.3, 0.4) is 0 Å². The van der Waals surface area contributed by atoms with Crippen LogP contribution in [0.4, 0.5) is 0 Å². The molecule has 0 saturated heterocycles. The second-order valence-electron chi connectivity index (χ2n) is 5.99. The topological polar surface area (TPSA) is 38.3 Å². The molecule has 26 heavy (non-hydrogen) atoms. The van der Waals surface area contributed by atoms with Gasteiger partial charge in [0, 0.05) is 32.6 Å². The Morgan fingerprint density at radius 1 is 1.15 bits per heavy atom. The number of halogens is 2. The van der Waals surface area contributed by atoms with Crippen molar-refractivity contribution in [1.29, 1.82) is 0 Å². The van der Waals surface area contributed by atoms with Crippen LogP contribution >= 0.6 is 34.5 Å². The number of hydrogen-bond donors (Lipinski definition) is 1. The fraction of sp³-hybridized carbons (Fsp3) is 0.150. The second kappa shape index (κ2) is 7.31. The number of nitrogens with one attached hydrogen (secondary N) is 1. The van der Waals surface area contributed by atoms with Gasteiger partial charge in [0.1, 0.15) is 12.4 Å². The zero-order chi connectivity index (χ0) is 18.1. The molecule has 6 heteroatoms. The van der Waals surface area contributed by atoms with Gasteiger partial charge in [0.2, 0.25) is 0 Å². The van der Waals surface area contributed by atoms with Crippen molar-refractivity contribution in [1.82, 2.24) is 5.32 Å². The Balaban J connectivity index is 1.44. The maximum atomic E-state index is 12.5. The third-order valence-electron chi connectivity index (χ3n) is 4.24. The summed E-state index contributed by atoms with van der Waals surface area (Å²) in [6.07, 6.45) is 0.652. The molecule has 0 radical (unpaired) electrons. The van der Waals surface area contributed by atoms with Crippen LogP contribution in [0, 0.1) is 0 Å². The molecule has 0 bridgehead atoms. The van der Waals surface area contributed by atoms with E-state index in [1.807, 2.05) is 36.4 Å². The number of carbonyl (C=O) groups excluding carboxylic acids is 1. The number of benzene rings is 2. The molecule has 2 heterocycles. The van der Waals surface area contributed by atoms with Gasteiger partial charge < -0.3 is 10.1 Å². The van der Waals surface area contributed by atoms with Crippen LogP contribution in [0.25, 0.3) is 10.4 Å². The Bertz CT molecular complexity index is 984. The minimum atomic E-state index is -0.0769. The quantitative estimate of drug-likeness (QED) is 0.616. The van der Waals surface area contributed by atoms with Crippen molar-refractivity contribution >= 4 is 40.4 Å². The fourth-order valence-corrected chi connectivity index (χ4v) is 4.55. The highest BCUT2D eigenvalue weighted by Crippen LogP contribution is 2.42. The summed E-state index contributed by atoms with van der Waals surface area (Å²) in [7, 11) is 0. The molecule has 0 unspecified atom stereocenters. The highest BCUT2D eigenvalue weighted by molar-refractivity contribution is 7.17. The summed E-state index contributed by atoms with van der Waals surface area (Å²) in [5, 5.41) is 4.19. The fourth-order valence-electron chi connectivity index (χ4n) is 2.93. The standard InChI is InChI=1S/C20H15Cl2NO2S/c21-14-6-5-12(16(22)10-14)7-8-23-20(24)18-9-13-11-25-17-4-2-1-3-15(17)19(13)26-18/h1-6,9-10H,7-8,11H2,(H,23,24). The highest BCUT2D eigenvalue weighted by Gasteiger charge is 2.22. The first kappa shape index (κ1) is 17.4. The lowest BCUT2D eigenvalue weighted by atomic mass is 10.1. The molecule has 3 aromatic rings. The first-order valence-corrected chi connectivity index (χ1v) is 9.76. The molecule has 0 aliphatic carbocycles. The molecule has 4 rings (SSSR count). The zero-order valence-corrected chi connectivity index (χ0v) is 16.0. The Morgan fingerprint density at radius 2 is 2.00 bits per heavy atom. The van der Waals surface area contributed by atoms with Crippen molar-refractivity contribution < 1.29 is 9.53 Å². The predicted octanol–water partition coefficient (Wildman–Crippen LogP) is 5.59. The first-order valence-electron chi connectivity index (χ1n) is 8.19. The van der Waals surface area contributed by atoms with Crippen LogP contribution < -0.4 is 10.1 Å². The first-order chi connectivity index (χ1) is 12.6. The number of fused-ring (bicyclic) bond motifs is 3. The Labute approximate surface area is 165 Å². The molecule has 2 aromatic carbocycles. The van der Waals surface area contributed by atoms with Gasteiger partial charge in [-0.05, 0) is 42.3 Å². The molecular weight excluding hydrogens is 389 g/mol. The van der Waals surface area contributed by atoms with Gasteiger partial charge in [-0.2, -0.15) is 0 Å². The van der Waals surface area contributed by atoms with E-state index in [-0.39, 0.29) is 5.91 Å². The molecular formula is C20H15Cl2NO2S. The number of carbonyl (C=O) groups is 1. The van der Waals surface area contributed by atoms with Crippen LogP contribution in [0.2, 0.25) is 10.0 Å². The van der Waals surface area contributed by atoms with Gasteiger partial charge in [-0.25, -0.2) is 0 Å². The van der Waals surface area contributed by atoms with Crippen molar-refractivity contribution in [2.45, 2.75) is 13.0 Å². The lowest BCUT2D eigenvalue weighted by Crippen LogP contribution is -2.24. The van der Waals surface area contributed by atoms with Crippen LogP contribution in [0.1, 0.15) is 20.8 Å². The van der Waals surface area contributed by atoms with Crippen LogP contribution in [-0.2, 0) is 13.0 Å². The molecule has 1 aliphatic rings. The third-order valence-corrected chi connectivity index (χ3v) is 6.04. The van der Waals surface area contributed by atoms with Gasteiger partial charge in [-0.15, -0.1) is 11.3 Å². The van der Waals surface area contributed by atoms with Crippen LogP contribution in [-0.4, -0.2) is 12.5 Å². The number of thiophene rings is 1. The summed E-state index contributed by atoms with van der Waals surface area (Å²) in [6, 6.07) is 15.2. The summed E-state index contributed by atoms with van der Waals surface area (Å²) >= 11 is 13.6. The number of hydrogen-bond acceptors (Lipinski definition) is 3. The van der Waals surface area contributed by atoms with E-state index in [4.69, 9.17) is 27.9 Å². The minimum Gasteiger partial charge on any atom is -0.488 e. The van der Waals surface area contributed by atoms with Gasteiger partial charge in [-0.1, -0.05) is 41.4 Å². The average molecular weight is 404 g/mol. The normalized spacial score (nSPS) is 12.1. The van der Waals surface area contributed by atoms with Crippen molar-refractivity contribution in [3.05, 3.63) is 74.6 Å². The predicted molar refractivity (Wildman–Crippen MR) is 107 cm³/mol. The maximum absolute atomic E-state index is 12.5. The van der Waals surface area contributed by atoms with E-state index in [0.717, 1.165) is 27.3 Å². The van der Waals surface area contributed by atoms with Gasteiger partial charge in [-0.3, -0.25) is 4.79 Å². The molecule has 132 valence electrons. The number of para-hydroxylation sites is 1. The number of rotatable bonds is 4. The largest absolute Gasteiger partial charge is 0.488 e. The molecule has 0 spiro atoms. The average Bonchev–Trinajstić information content (AvgIpc) is 3.08. The van der Waals surface area contributed by atoms with Gasteiger partial charge in [0.05, 0.1) is 4.88 Å². The third kappa shape index (κ3) is 3.45. The smallest absolute Gasteiger partial charge is 0.261 e. The number of ether oxygens (including phenoxy) is 1. The van der Waals surface area contributed by atoms with E-state index >= 15 is 0 Å². The minimum absolute atomic E-state index is 0.0769. The summed E-state index contributed by atoms with van der Waals surface area (Å²) in [5.74, 6) is 0.790. The van der Waals surface area contributed by atoms with Crippen LogP contribution in [0.15, 0.2) is 48.5 Å². The Morgan fingerprint density at radius 3 is 2.85 bits per heavy atom. The summed E-state index contributed by atoms with van der Waals surface area (Å²) in [6.45, 7) is 1.01. The highest BCUT2D eigenvalue weighted by atomic mass is 35.5. The van der Waals surface area contributed by atoms with Crippen molar-refractivity contribution in [3.63, 3.8) is 0 Å². The van der Waals surface area contributed by atoms with Gasteiger partial charge in [0.15, 0.2) is 0 Å². The van der Waals surface area contributed by atoms with E-state index < -0.39 is 0 Å². The van der Waals surface area contributed by atoms with E-state index in [9.17, 15) is 4.79 Å². The van der Waals surface area contributed by atoms with Crippen molar-refractivity contribution in [3.8, 4) is 16.2 Å². The van der Waals surface area contributed by atoms with Crippen molar-refractivity contribution in [2.24, 2.45) is 0 Å². The molecule has 0 atom stereocenters. The summed E-state index contributed by atoms with van der Waals surface area (Å²) in [4.78, 5) is 14.3. The lowest BCUT2D eigenvalue weighted by molar-refractivity contribution is 0.0958.